The van der Waals surface area contributed by atoms with Crippen LogP contribution in [0.15, 0.2) is 0 Å². The Morgan fingerprint density at radius 1 is 1.43 bits per heavy atom. The van der Waals surface area contributed by atoms with E-state index >= 15 is 0 Å². The fourth-order valence-electron chi connectivity index (χ4n) is 2.55. The summed E-state index contributed by atoms with van der Waals surface area (Å²) in [5, 5.41) is 3.17. The van der Waals surface area contributed by atoms with Crippen molar-refractivity contribution in [3.63, 3.8) is 0 Å². The van der Waals surface area contributed by atoms with Crippen LogP contribution in [-0.2, 0) is 9.53 Å². The first-order chi connectivity index (χ1) is 6.56. The number of rotatable bonds is 2. The maximum atomic E-state index is 11.8. The summed E-state index contributed by atoms with van der Waals surface area (Å²) in [5.74, 6) is 0.841. The molecule has 0 aromatic rings. The fraction of sp³-hybridized carbons (Fsp3) is 0.909. The third-order valence-corrected chi connectivity index (χ3v) is 3.60. The molecule has 0 aromatic carbocycles. The molecule has 1 aliphatic rings. The molecule has 3 heteroatoms. The highest BCUT2D eigenvalue weighted by Gasteiger charge is 2.46. The lowest BCUT2D eigenvalue weighted by atomic mass is 9.69. The molecule has 82 valence electrons. The topological polar surface area (TPSA) is 38.3 Å². The zero-order valence-electron chi connectivity index (χ0n) is 9.59. The molecular formula is C11H21NO2. The van der Waals surface area contributed by atoms with Gasteiger partial charge in [0, 0.05) is 0 Å². The monoisotopic (exact) mass is 199 g/mol. The molecule has 1 fully saturated rings. The summed E-state index contributed by atoms with van der Waals surface area (Å²) in [4.78, 5) is 11.8. The molecule has 0 amide bonds. The molecule has 0 aliphatic heterocycles. The molecule has 1 saturated carbocycles. The Morgan fingerprint density at radius 3 is 2.57 bits per heavy atom. The second kappa shape index (κ2) is 4.30. The van der Waals surface area contributed by atoms with Gasteiger partial charge >= 0.3 is 5.97 Å². The highest BCUT2D eigenvalue weighted by molar-refractivity contribution is 5.81. The molecule has 0 heterocycles. The average molecular weight is 199 g/mol. The Balaban J connectivity index is 2.88. The summed E-state index contributed by atoms with van der Waals surface area (Å²) < 4.78 is 4.90. The number of esters is 1. The minimum atomic E-state index is -0.452. The Kier molecular flexibility index (Phi) is 3.53. The Labute approximate surface area is 86.2 Å². The normalized spacial score (nSPS) is 38.0. The molecule has 0 aromatic heterocycles. The smallest absolute Gasteiger partial charge is 0.326 e. The van der Waals surface area contributed by atoms with Crippen LogP contribution >= 0.6 is 0 Å². The second-order valence-electron chi connectivity index (χ2n) is 4.50. The standard InChI is InChI=1S/C11H21NO2/c1-8-5-6-9(2)11(7-8,12-3)10(13)14-4/h8-9,12H,5-7H2,1-4H3. The van der Waals surface area contributed by atoms with E-state index in [2.05, 4.69) is 19.2 Å². The number of carbonyl (C=O) groups is 1. The van der Waals surface area contributed by atoms with Crippen LogP contribution in [0, 0.1) is 11.8 Å². The van der Waals surface area contributed by atoms with Gasteiger partial charge in [-0.1, -0.05) is 20.3 Å². The summed E-state index contributed by atoms with van der Waals surface area (Å²) in [5.41, 5.74) is -0.452. The van der Waals surface area contributed by atoms with Crippen molar-refractivity contribution in [1.82, 2.24) is 5.32 Å². The molecule has 1 aliphatic carbocycles. The van der Waals surface area contributed by atoms with Crippen LogP contribution in [0.5, 0.6) is 0 Å². The Bertz CT molecular complexity index is 217. The van der Waals surface area contributed by atoms with E-state index in [1.54, 1.807) is 0 Å². The van der Waals surface area contributed by atoms with Crippen LogP contribution in [-0.4, -0.2) is 25.7 Å². The lowest BCUT2D eigenvalue weighted by molar-refractivity contribution is -0.153. The number of methoxy groups -OCH3 is 1. The van der Waals surface area contributed by atoms with Crippen molar-refractivity contribution < 1.29 is 9.53 Å². The van der Waals surface area contributed by atoms with E-state index in [0.717, 1.165) is 12.8 Å². The van der Waals surface area contributed by atoms with Crippen LogP contribution in [0.25, 0.3) is 0 Å². The number of ether oxygens (including phenoxy) is 1. The maximum absolute atomic E-state index is 11.8. The molecule has 3 nitrogen and oxygen atoms in total. The minimum Gasteiger partial charge on any atom is -0.468 e. The van der Waals surface area contributed by atoms with Crippen LogP contribution in [0.4, 0.5) is 0 Å². The van der Waals surface area contributed by atoms with Crippen LogP contribution in [0.3, 0.4) is 0 Å². The first kappa shape index (κ1) is 11.5. The summed E-state index contributed by atoms with van der Waals surface area (Å²) in [6.07, 6.45) is 3.19. The first-order valence-electron chi connectivity index (χ1n) is 5.34. The van der Waals surface area contributed by atoms with Crippen molar-refractivity contribution in [2.24, 2.45) is 11.8 Å². The zero-order valence-corrected chi connectivity index (χ0v) is 9.59. The van der Waals surface area contributed by atoms with Gasteiger partial charge in [-0.2, -0.15) is 0 Å². The van der Waals surface area contributed by atoms with Crippen molar-refractivity contribution in [2.75, 3.05) is 14.2 Å². The number of nitrogens with one attached hydrogen (secondary N) is 1. The van der Waals surface area contributed by atoms with Gasteiger partial charge in [0.05, 0.1) is 7.11 Å². The van der Waals surface area contributed by atoms with Crippen molar-refractivity contribution in [3.05, 3.63) is 0 Å². The van der Waals surface area contributed by atoms with Gasteiger partial charge in [0.1, 0.15) is 5.54 Å². The van der Waals surface area contributed by atoms with E-state index in [1.807, 2.05) is 7.05 Å². The maximum Gasteiger partial charge on any atom is 0.326 e. The Morgan fingerprint density at radius 2 is 2.07 bits per heavy atom. The van der Waals surface area contributed by atoms with E-state index in [-0.39, 0.29) is 5.97 Å². The lowest BCUT2D eigenvalue weighted by Crippen LogP contribution is -2.58. The molecule has 1 N–H and O–H groups in total. The highest BCUT2D eigenvalue weighted by atomic mass is 16.5. The largest absolute Gasteiger partial charge is 0.468 e. The van der Waals surface area contributed by atoms with Gasteiger partial charge in [0.15, 0.2) is 0 Å². The molecule has 0 bridgehead atoms. The van der Waals surface area contributed by atoms with Crippen molar-refractivity contribution in [2.45, 2.75) is 38.6 Å². The molecular weight excluding hydrogens is 178 g/mol. The van der Waals surface area contributed by atoms with Gasteiger partial charge in [0.2, 0.25) is 0 Å². The number of hydrogen-bond donors (Lipinski definition) is 1. The van der Waals surface area contributed by atoms with Gasteiger partial charge in [-0.25, -0.2) is 0 Å². The van der Waals surface area contributed by atoms with E-state index in [4.69, 9.17) is 4.74 Å². The first-order valence-corrected chi connectivity index (χ1v) is 5.34. The minimum absolute atomic E-state index is 0.112. The summed E-state index contributed by atoms with van der Waals surface area (Å²) in [7, 11) is 3.32. The highest BCUT2D eigenvalue weighted by Crippen LogP contribution is 2.37. The number of hydrogen-bond acceptors (Lipinski definition) is 3. The third-order valence-electron chi connectivity index (χ3n) is 3.60. The van der Waals surface area contributed by atoms with Gasteiger partial charge in [-0.3, -0.25) is 4.79 Å². The van der Waals surface area contributed by atoms with Gasteiger partial charge in [-0.15, -0.1) is 0 Å². The predicted octanol–water partition coefficient (Wildman–Crippen LogP) is 1.57. The molecule has 0 saturated heterocycles. The summed E-state index contributed by atoms with van der Waals surface area (Å²) >= 11 is 0. The van der Waals surface area contributed by atoms with Crippen LogP contribution in [0.1, 0.15) is 33.1 Å². The second-order valence-corrected chi connectivity index (χ2v) is 4.50. The van der Waals surface area contributed by atoms with Crippen molar-refractivity contribution in [1.29, 1.82) is 0 Å². The van der Waals surface area contributed by atoms with Gasteiger partial charge in [-0.05, 0) is 31.7 Å². The number of likely N-dealkylation sites (N-methyl/N-ethyl adjacent to an activating group) is 1. The van der Waals surface area contributed by atoms with E-state index in [9.17, 15) is 4.79 Å². The molecule has 0 spiro atoms. The summed E-state index contributed by atoms with van der Waals surface area (Å²) in [6.45, 7) is 4.32. The SMILES string of the molecule is CNC1(C(=O)OC)CC(C)CCC1C. The fourth-order valence-corrected chi connectivity index (χ4v) is 2.55. The Hall–Kier alpha value is -0.570. The van der Waals surface area contributed by atoms with E-state index in [0.29, 0.717) is 11.8 Å². The van der Waals surface area contributed by atoms with Crippen LogP contribution in [0.2, 0.25) is 0 Å². The summed E-state index contributed by atoms with van der Waals surface area (Å²) in [6, 6.07) is 0. The lowest BCUT2D eigenvalue weighted by Gasteiger charge is -2.42. The quantitative estimate of drug-likeness (QED) is 0.686. The van der Waals surface area contributed by atoms with Gasteiger partial charge < -0.3 is 10.1 Å². The zero-order chi connectivity index (χ0) is 10.8. The van der Waals surface area contributed by atoms with Gasteiger partial charge in [0.25, 0.3) is 0 Å². The third kappa shape index (κ3) is 1.78. The molecule has 14 heavy (non-hydrogen) atoms. The molecule has 3 unspecified atom stereocenters. The molecule has 3 atom stereocenters. The predicted molar refractivity (Wildman–Crippen MR) is 56.0 cm³/mol. The molecule has 1 rings (SSSR count). The van der Waals surface area contributed by atoms with E-state index < -0.39 is 5.54 Å². The molecule has 0 radical (unpaired) electrons. The average Bonchev–Trinajstić information content (AvgIpc) is 2.20. The van der Waals surface area contributed by atoms with Crippen LogP contribution < -0.4 is 5.32 Å². The van der Waals surface area contributed by atoms with E-state index in [1.165, 1.54) is 13.5 Å². The number of carbonyl (C=O) groups excluding carboxylic acids is 1. The van der Waals surface area contributed by atoms with Crippen molar-refractivity contribution >= 4 is 5.97 Å². The van der Waals surface area contributed by atoms with Crippen molar-refractivity contribution in [3.8, 4) is 0 Å².